The van der Waals surface area contributed by atoms with Crippen LogP contribution < -0.4 is 4.74 Å². The van der Waals surface area contributed by atoms with Crippen LogP contribution in [0.5, 0.6) is 5.75 Å². The molecule has 80 valence electrons. The van der Waals surface area contributed by atoms with Crippen LogP contribution in [0.4, 0.5) is 5.69 Å². The van der Waals surface area contributed by atoms with Gasteiger partial charge in [-0.25, -0.2) is 0 Å². The van der Waals surface area contributed by atoms with Gasteiger partial charge in [-0.05, 0) is 6.07 Å². The minimum absolute atomic E-state index is 0.0226. The van der Waals surface area contributed by atoms with E-state index in [0.29, 0.717) is 0 Å². The maximum absolute atomic E-state index is 10.7. The Bertz CT molecular complexity index is 511. The van der Waals surface area contributed by atoms with Crippen LogP contribution in [0.3, 0.4) is 0 Å². The van der Waals surface area contributed by atoms with Crippen LogP contribution in [0.15, 0.2) is 12.1 Å². The van der Waals surface area contributed by atoms with E-state index in [9.17, 15) is 10.1 Å². The summed E-state index contributed by atoms with van der Waals surface area (Å²) in [6.07, 6.45) is -0.103. The van der Waals surface area contributed by atoms with Gasteiger partial charge in [0.05, 0.1) is 36.2 Å². The zero-order valence-corrected chi connectivity index (χ0v) is 8.43. The second-order valence-corrected chi connectivity index (χ2v) is 2.85. The Labute approximate surface area is 91.4 Å². The number of hydrogen-bond donors (Lipinski definition) is 0. The molecule has 0 amide bonds. The molecule has 0 saturated carbocycles. The monoisotopic (exact) mass is 217 g/mol. The fourth-order valence-corrected chi connectivity index (χ4v) is 1.35. The second kappa shape index (κ2) is 4.76. The van der Waals surface area contributed by atoms with Gasteiger partial charge in [0.2, 0.25) is 5.75 Å². The van der Waals surface area contributed by atoms with E-state index in [0.717, 1.165) is 0 Å². The summed E-state index contributed by atoms with van der Waals surface area (Å²) in [5, 5.41) is 28.1. The summed E-state index contributed by atoms with van der Waals surface area (Å²) in [6, 6.07) is 6.22. The first kappa shape index (κ1) is 11.5. The Balaban J connectivity index is 3.52. The molecule has 6 nitrogen and oxygen atoms in total. The minimum Gasteiger partial charge on any atom is -0.490 e. The van der Waals surface area contributed by atoms with Crippen LogP contribution in [0.2, 0.25) is 0 Å². The van der Waals surface area contributed by atoms with Crippen molar-refractivity contribution >= 4 is 5.69 Å². The highest BCUT2D eigenvalue weighted by atomic mass is 16.6. The van der Waals surface area contributed by atoms with Gasteiger partial charge in [0.15, 0.2) is 0 Å². The molecule has 0 aliphatic heterocycles. The van der Waals surface area contributed by atoms with Crippen LogP contribution in [0.1, 0.15) is 11.1 Å². The topological polar surface area (TPSA) is 99.9 Å². The smallest absolute Gasteiger partial charge is 0.311 e. The number of rotatable bonds is 3. The van der Waals surface area contributed by atoms with E-state index >= 15 is 0 Å². The predicted molar refractivity (Wildman–Crippen MR) is 53.7 cm³/mol. The molecule has 0 atom stereocenters. The van der Waals surface area contributed by atoms with Crippen molar-refractivity contribution < 1.29 is 9.66 Å². The van der Waals surface area contributed by atoms with E-state index in [1.165, 1.54) is 19.2 Å². The number of hydrogen-bond acceptors (Lipinski definition) is 5. The van der Waals surface area contributed by atoms with Crippen molar-refractivity contribution in [3.8, 4) is 17.9 Å². The van der Waals surface area contributed by atoms with Crippen LogP contribution in [-0.4, -0.2) is 12.0 Å². The first-order chi connectivity index (χ1) is 7.65. The fraction of sp³-hybridized carbons (Fsp3) is 0.200. The minimum atomic E-state index is -0.610. The SMILES string of the molecule is COc1c([N+](=O)[O-])ccc(C#N)c1CC#N. The third-order valence-electron chi connectivity index (χ3n) is 2.02. The van der Waals surface area contributed by atoms with Gasteiger partial charge in [-0.15, -0.1) is 0 Å². The molecule has 0 fully saturated rings. The largest absolute Gasteiger partial charge is 0.490 e. The third kappa shape index (κ3) is 1.91. The first-order valence-electron chi connectivity index (χ1n) is 4.27. The molecule has 0 aliphatic carbocycles. The Morgan fingerprint density at radius 3 is 2.62 bits per heavy atom. The van der Waals surface area contributed by atoms with Gasteiger partial charge in [0.25, 0.3) is 0 Å². The van der Waals surface area contributed by atoms with Gasteiger partial charge < -0.3 is 4.74 Å². The molecule has 16 heavy (non-hydrogen) atoms. The molecule has 1 aromatic carbocycles. The van der Waals surface area contributed by atoms with Gasteiger partial charge in [-0.1, -0.05) is 0 Å². The Morgan fingerprint density at radius 2 is 2.19 bits per heavy atom. The van der Waals surface area contributed by atoms with Gasteiger partial charge in [0.1, 0.15) is 0 Å². The average Bonchev–Trinajstić information content (AvgIpc) is 2.28. The van der Waals surface area contributed by atoms with E-state index in [1.54, 1.807) is 0 Å². The summed E-state index contributed by atoms with van der Waals surface area (Å²) in [6.45, 7) is 0. The maximum Gasteiger partial charge on any atom is 0.311 e. The van der Waals surface area contributed by atoms with Gasteiger partial charge in [-0.3, -0.25) is 10.1 Å². The molecule has 0 aromatic heterocycles. The van der Waals surface area contributed by atoms with E-state index in [2.05, 4.69) is 0 Å². The van der Waals surface area contributed by atoms with Crippen molar-refractivity contribution in [2.24, 2.45) is 0 Å². The third-order valence-corrected chi connectivity index (χ3v) is 2.02. The average molecular weight is 217 g/mol. The Kier molecular flexibility index (Phi) is 3.41. The zero-order chi connectivity index (χ0) is 12.1. The van der Waals surface area contributed by atoms with Crippen molar-refractivity contribution in [2.75, 3.05) is 7.11 Å². The molecule has 1 rings (SSSR count). The summed E-state index contributed by atoms with van der Waals surface area (Å²) >= 11 is 0. The van der Waals surface area contributed by atoms with Crippen molar-refractivity contribution in [3.63, 3.8) is 0 Å². The number of nitriles is 2. The summed E-state index contributed by atoms with van der Waals surface area (Å²) in [5.41, 5.74) is 0.220. The van der Waals surface area contributed by atoms with E-state index in [4.69, 9.17) is 15.3 Å². The normalized spacial score (nSPS) is 8.94. The van der Waals surface area contributed by atoms with Crippen molar-refractivity contribution in [2.45, 2.75) is 6.42 Å². The summed E-state index contributed by atoms with van der Waals surface area (Å²) < 4.78 is 4.89. The number of nitrogens with zero attached hydrogens (tertiary/aromatic N) is 3. The highest BCUT2D eigenvalue weighted by Crippen LogP contribution is 2.33. The molecule has 0 radical (unpaired) electrons. The molecular formula is C10H7N3O3. The van der Waals surface area contributed by atoms with E-state index in [1.807, 2.05) is 12.1 Å². The lowest BCUT2D eigenvalue weighted by Gasteiger charge is -2.07. The molecule has 0 saturated heterocycles. The zero-order valence-electron chi connectivity index (χ0n) is 8.43. The maximum atomic E-state index is 10.7. The predicted octanol–water partition coefficient (Wildman–Crippen LogP) is 1.54. The Morgan fingerprint density at radius 1 is 1.50 bits per heavy atom. The highest BCUT2D eigenvalue weighted by molar-refractivity contribution is 5.59. The molecule has 0 spiro atoms. The first-order valence-corrected chi connectivity index (χ1v) is 4.27. The second-order valence-electron chi connectivity index (χ2n) is 2.85. The number of nitro benzene ring substituents is 1. The molecule has 0 unspecified atom stereocenters. The standard InChI is InChI=1S/C10H7N3O3/c1-16-10-8(4-5-11)7(6-12)2-3-9(10)13(14)15/h2-3H,4H2,1H3. The lowest BCUT2D eigenvalue weighted by Crippen LogP contribution is -2.00. The van der Waals surface area contributed by atoms with Gasteiger partial charge in [-0.2, -0.15) is 10.5 Å². The van der Waals surface area contributed by atoms with Gasteiger partial charge >= 0.3 is 5.69 Å². The van der Waals surface area contributed by atoms with Crippen molar-refractivity contribution in [1.82, 2.24) is 0 Å². The molecule has 1 aromatic rings. The van der Waals surface area contributed by atoms with Crippen molar-refractivity contribution in [1.29, 1.82) is 10.5 Å². The summed E-state index contributed by atoms with van der Waals surface area (Å²) in [4.78, 5) is 10.1. The lowest BCUT2D eigenvalue weighted by molar-refractivity contribution is -0.385. The number of methoxy groups -OCH3 is 1. The van der Waals surface area contributed by atoms with E-state index in [-0.39, 0.29) is 29.0 Å². The van der Waals surface area contributed by atoms with Crippen LogP contribution in [-0.2, 0) is 6.42 Å². The fourth-order valence-electron chi connectivity index (χ4n) is 1.35. The van der Waals surface area contributed by atoms with Crippen LogP contribution >= 0.6 is 0 Å². The number of benzene rings is 1. The molecule has 0 heterocycles. The Hall–Kier alpha value is -2.60. The van der Waals surface area contributed by atoms with Gasteiger partial charge in [0, 0.05) is 11.6 Å². The molecule has 6 heteroatoms. The quantitative estimate of drug-likeness (QED) is 0.564. The summed E-state index contributed by atoms with van der Waals surface area (Å²) in [7, 11) is 1.27. The molecule has 0 N–H and O–H groups in total. The number of nitro groups is 1. The number of ether oxygens (including phenoxy) is 1. The van der Waals surface area contributed by atoms with E-state index < -0.39 is 4.92 Å². The van der Waals surface area contributed by atoms with Crippen LogP contribution in [0.25, 0.3) is 0 Å². The summed E-state index contributed by atoms with van der Waals surface area (Å²) in [5.74, 6) is -0.0226. The highest BCUT2D eigenvalue weighted by Gasteiger charge is 2.21. The molecule has 0 bridgehead atoms. The van der Waals surface area contributed by atoms with Crippen LogP contribution in [0, 0.1) is 32.8 Å². The van der Waals surface area contributed by atoms with Crippen molar-refractivity contribution in [3.05, 3.63) is 33.4 Å². The lowest BCUT2D eigenvalue weighted by atomic mass is 10.0. The molecular weight excluding hydrogens is 210 g/mol. The molecule has 0 aliphatic rings.